The average molecular weight is 308 g/mol. The van der Waals surface area contributed by atoms with Crippen molar-refractivity contribution in [1.29, 1.82) is 0 Å². The molecule has 0 bridgehead atoms. The predicted molar refractivity (Wildman–Crippen MR) is 50.0 cm³/mol. The maximum Gasteiger partial charge on any atom is 0.265 e. The molecule has 10 heavy (non-hydrogen) atoms. The zero-order valence-corrected chi connectivity index (χ0v) is 8.88. The minimum Gasteiger partial charge on any atom is -0.275 e. The van der Waals surface area contributed by atoms with E-state index in [1.54, 1.807) is 0 Å². The van der Waals surface area contributed by atoms with Crippen LogP contribution in [0.25, 0.3) is 0 Å². The van der Waals surface area contributed by atoms with Gasteiger partial charge in [0.1, 0.15) is 8.58 Å². The van der Waals surface area contributed by atoms with Gasteiger partial charge in [-0.1, -0.05) is 11.6 Å². The Labute approximate surface area is 84.8 Å². The van der Waals surface area contributed by atoms with Gasteiger partial charge >= 0.3 is 0 Å². The lowest BCUT2D eigenvalue weighted by Gasteiger charge is -1.83. The topological polar surface area (TPSA) is 30.0 Å². The van der Waals surface area contributed by atoms with E-state index in [2.05, 4.69) is 4.37 Å². The zero-order chi connectivity index (χ0) is 7.72. The Morgan fingerprint density at radius 2 is 2.30 bits per heavy atom. The fourth-order valence-corrected chi connectivity index (χ4v) is 2.17. The van der Waals surface area contributed by atoms with E-state index in [0.717, 1.165) is 11.5 Å². The fourth-order valence-electron chi connectivity index (χ4n) is 0.382. The second-order valence-electron chi connectivity index (χ2n) is 1.39. The highest BCUT2D eigenvalue weighted by molar-refractivity contribution is 14.1. The first-order valence-corrected chi connectivity index (χ1v) is 4.74. The molecule has 0 fully saturated rings. The minimum absolute atomic E-state index is 0.313. The van der Waals surface area contributed by atoms with Crippen LogP contribution in [-0.2, 0) is 0 Å². The Bertz CT molecular complexity index is 274. The molecule has 6 heteroatoms. The zero-order valence-electron chi connectivity index (χ0n) is 4.40. The van der Waals surface area contributed by atoms with E-state index in [1.807, 2.05) is 22.6 Å². The highest BCUT2D eigenvalue weighted by Crippen LogP contribution is 2.26. The molecule has 0 aromatic carbocycles. The number of halogens is 3. The summed E-state index contributed by atoms with van der Waals surface area (Å²) in [6.07, 6.45) is 0. The van der Waals surface area contributed by atoms with Crippen LogP contribution in [-0.4, -0.2) is 9.62 Å². The number of hydrogen-bond acceptors (Lipinski definition) is 3. The Balaban J connectivity index is 3.17. The molecule has 0 amide bonds. The molecule has 1 aromatic rings. The van der Waals surface area contributed by atoms with Crippen LogP contribution in [0.15, 0.2) is 0 Å². The van der Waals surface area contributed by atoms with Crippen molar-refractivity contribution in [2.24, 2.45) is 0 Å². The second-order valence-corrected chi connectivity index (χ2v) is 3.91. The van der Waals surface area contributed by atoms with Gasteiger partial charge in [0, 0.05) is 0 Å². The summed E-state index contributed by atoms with van der Waals surface area (Å²) in [5, 5.41) is -0.198. The first-order valence-electron chi connectivity index (χ1n) is 2.13. The van der Waals surface area contributed by atoms with Gasteiger partial charge in [0.05, 0.1) is 5.02 Å². The molecule has 0 aliphatic rings. The molecule has 0 spiro atoms. The molecule has 0 unspecified atom stereocenters. The van der Waals surface area contributed by atoms with Crippen LogP contribution in [0.1, 0.15) is 9.67 Å². The number of carbonyl (C=O) groups excluding carboxylic acids is 1. The van der Waals surface area contributed by atoms with Crippen molar-refractivity contribution in [1.82, 2.24) is 4.37 Å². The van der Waals surface area contributed by atoms with Crippen LogP contribution >= 0.6 is 57.3 Å². The van der Waals surface area contributed by atoms with Gasteiger partial charge in [-0.15, -0.1) is 0 Å². The summed E-state index contributed by atoms with van der Waals surface area (Å²) in [5.74, 6) is 0. The molecule has 0 radical (unpaired) electrons. The molecule has 1 heterocycles. The maximum atomic E-state index is 10.5. The number of carbonyl (C=O) groups is 1. The van der Waals surface area contributed by atoms with E-state index >= 15 is 0 Å². The van der Waals surface area contributed by atoms with E-state index < -0.39 is 5.24 Å². The van der Waals surface area contributed by atoms with Crippen LogP contribution in [0.4, 0.5) is 0 Å². The van der Waals surface area contributed by atoms with Crippen molar-refractivity contribution in [3.05, 3.63) is 13.6 Å². The summed E-state index contributed by atoms with van der Waals surface area (Å²) >= 11 is 13.8. The smallest absolute Gasteiger partial charge is 0.265 e. The van der Waals surface area contributed by atoms with Crippen LogP contribution in [0, 0.1) is 3.70 Å². The summed E-state index contributed by atoms with van der Waals surface area (Å²) < 4.78 is 4.45. The average Bonchev–Trinajstić information content (AvgIpc) is 2.14. The molecule has 54 valence electrons. The van der Waals surface area contributed by atoms with Gasteiger partial charge in [-0.25, -0.2) is 0 Å². The number of hydrogen-bond donors (Lipinski definition) is 0. The van der Waals surface area contributed by atoms with Crippen LogP contribution < -0.4 is 0 Å². The normalized spacial score (nSPS) is 9.90. The molecule has 1 aromatic heterocycles. The third-order valence-corrected chi connectivity index (χ3v) is 3.83. The maximum absolute atomic E-state index is 10.5. The lowest BCUT2D eigenvalue weighted by Crippen LogP contribution is -1.82. The molecule has 0 N–H and O–H groups in total. The molecular formula is C4Cl2INOS. The molecule has 0 aliphatic heterocycles. The van der Waals surface area contributed by atoms with Gasteiger partial charge in [-0.05, 0) is 45.7 Å². The van der Waals surface area contributed by atoms with Crippen molar-refractivity contribution in [3.63, 3.8) is 0 Å². The summed E-state index contributed by atoms with van der Waals surface area (Å²) in [5.41, 5.74) is 0. The van der Waals surface area contributed by atoms with Gasteiger partial charge < -0.3 is 0 Å². The molecule has 0 saturated heterocycles. The molecule has 0 atom stereocenters. The van der Waals surface area contributed by atoms with E-state index in [4.69, 9.17) is 23.2 Å². The first kappa shape index (κ1) is 8.70. The van der Waals surface area contributed by atoms with Crippen molar-refractivity contribution >= 4 is 62.6 Å². The minimum atomic E-state index is -0.551. The second kappa shape index (κ2) is 3.34. The largest absolute Gasteiger partial charge is 0.275 e. The van der Waals surface area contributed by atoms with Gasteiger partial charge in [0.15, 0.2) is 0 Å². The molecule has 1 rings (SSSR count). The SMILES string of the molecule is O=C(Cl)c1snc(I)c1Cl. The highest BCUT2D eigenvalue weighted by atomic mass is 127. The molecular weight excluding hydrogens is 308 g/mol. The van der Waals surface area contributed by atoms with Crippen molar-refractivity contribution < 1.29 is 4.79 Å². The molecule has 2 nitrogen and oxygen atoms in total. The van der Waals surface area contributed by atoms with Crippen molar-refractivity contribution in [2.75, 3.05) is 0 Å². The number of aromatic nitrogens is 1. The number of nitrogens with zero attached hydrogens (tertiary/aromatic N) is 1. The lowest BCUT2D eigenvalue weighted by molar-refractivity contribution is 0.108. The van der Waals surface area contributed by atoms with Gasteiger partial charge in [0.2, 0.25) is 0 Å². The summed E-state index contributed by atoms with van der Waals surface area (Å²) in [4.78, 5) is 10.8. The first-order chi connectivity index (χ1) is 4.63. The van der Waals surface area contributed by atoms with Crippen molar-refractivity contribution in [2.45, 2.75) is 0 Å². The van der Waals surface area contributed by atoms with Gasteiger partial charge in [-0.3, -0.25) is 4.79 Å². The van der Waals surface area contributed by atoms with Crippen LogP contribution in [0.5, 0.6) is 0 Å². The van der Waals surface area contributed by atoms with Gasteiger partial charge in [-0.2, -0.15) is 4.37 Å². The van der Waals surface area contributed by atoms with Crippen LogP contribution in [0.3, 0.4) is 0 Å². The van der Waals surface area contributed by atoms with E-state index in [-0.39, 0.29) is 0 Å². The third-order valence-electron chi connectivity index (χ3n) is 0.776. The van der Waals surface area contributed by atoms with Gasteiger partial charge in [0.25, 0.3) is 5.24 Å². The monoisotopic (exact) mass is 307 g/mol. The summed E-state index contributed by atoms with van der Waals surface area (Å²) in [6, 6.07) is 0. The Morgan fingerprint density at radius 1 is 1.70 bits per heavy atom. The molecule has 0 saturated carbocycles. The van der Waals surface area contributed by atoms with E-state index in [9.17, 15) is 4.79 Å². The summed E-state index contributed by atoms with van der Waals surface area (Å²) in [6.45, 7) is 0. The standard InChI is InChI=1S/C4Cl2INOS/c5-1-2(3(6)9)10-8-4(1)7. The predicted octanol–water partition coefficient (Wildman–Crippen LogP) is 2.78. The quantitative estimate of drug-likeness (QED) is 0.590. The van der Waals surface area contributed by atoms with Crippen LogP contribution in [0.2, 0.25) is 5.02 Å². The third kappa shape index (κ3) is 1.61. The highest BCUT2D eigenvalue weighted by Gasteiger charge is 2.13. The molecule has 0 aliphatic carbocycles. The Kier molecular flexibility index (Phi) is 2.91. The van der Waals surface area contributed by atoms with E-state index in [1.165, 1.54) is 0 Å². The summed E-state index contributed by atoms with van der Waals surface area (Å²) in [7, 11) is 0. The lowest BCUT2D eigenvalue weighted by atomic mass is 10.5. The van der Waals surface area contributed by atoms with Crippen molar-refractivity contribution in [3.8, 4) is 0 Å². The van der Waals surface area contributed by atoms with E-state index in [0.29, 0.717) is 13.6 Å². The Hall–Kier alpha value is 0.610. The Morgan fingerprint density at radius 3 is 2.50 bits per heavy atom. The fraction of sp³-hybridized carbons (Fsp3) is 0. The number of rotatable bonds is 1.